The maximum atomic E-state index is 6.07. The van der Waals surface area contributed by atoms with E-state index in [1.807, 2.05) is 6.07 Å². The minimum atomic E-state index is 0.279. The number of hydrogen-bond acceptors (Lipinski definition) is 6. The van der Waals surface area contributed by atoms with Crippen LogP contribution >= 0.6 is 0 Å². The fourth-order valence-electron chi connectivity index (χ4n) is 4.04. The molecule has 0 spiro atoms. The molecule has 1 aliphatic carbocycles. The van der Waals surface area contributed by atoms with Crippen molar-refractivity contribution in [2.75, 3.05) is 19.3 Å². The Morgan fingerprint density at radius 1 is 1.19 bits per heavy atom. The fraction of sp³-hybridized carbons (Fsp3) is 0.346. The first-order valence-electron chi connectivity index (χ1n) is 11.1. The zero-order valence-corrected chi connectivity index (χ0v) is 18.6. The number of nitrogens with two attached hydrogens (primary N) is 1. The summed E-state index contributed by atoms with van der Waals surface area (Å²) < 4.78 is 5.94. The molecule has 0 bridgehead atoms. The molecule has 2 N–H and O–H groups in total. The predicted molar refractivity (Wildman–Crippen MR) is 125 cm³/mol. The summed E-state index contributed by atoms with van der Waals surface area (Å²) in [4.78, 5) is 15.6. The second-order valence-corrected chi connectivity index (χ2v) is 8.78. The third-order valence-electron chi connectivity index (χ3n) is 5.98. The number of nitrogens with zero attached hydrogens (tertiary/aromatic N) is 4. The van der Waals surface area contributed by atoms with Gasteiger partial charge in [-0.25, -0.2) is 9.97 Å². The molecule has 0 radical (unpaired) electrons. The van der Waals surface area contributed by atoms with Gasteiger partial charge < -0.3 is 15.4 Å². The minimum Gasteiger partial charge on any atom is -0.470 e. The standard InChI is InChI=1S/C26H27N5O/c1-17-9-21(11-22-15-31(2)8-7-23(17)22)24-14-29-25(27)26(30-24)32-16-20-10-19(12-28-13-20)6-5-18-3-4-18/h9-14,18H,3-4,7-8,15-16H2,1-2H3,(H2,27,29). The Morgan fingerprint density at radius 3 is 2.91 bits per heavy atom. The SMILES string of the molecule is Cc1cc(-c2cnc(N)c(OCc3cncc(C#CC4CC4)c3)n2)cc2c1CCN(C)C2. The van der Waals surface area contributed by atoms with Gasteiger partial charge in [0, 0.05) is 48.1 Å². The molecule has 3 heterocycles. The first-order valence-corrected chi connectivity index (χ1v) is 11.1. The number of ether oxygens (including phenoxy) is 1. The van der Waals surface area contributed by atoms with E-state index in [9.17, 15) is 0 Å². The molecule has 0 unspecified atom stereocenters. The number of anilines is 1. The summed E-state index contributed by atoms with van der Waals surface area (Å²) in [5, 5.41) is 0. The van der Waals surface area contributed by atoms with Crippen molar-refractivity contribution in [2.45, 2.75) is 39.3 Å². The molecule has 1 aliphatic heterocycles. The maximum absolute atomic E-state index is 6.07. The van der Waals surface area contributed by atoms with Crippen molar-refractivity contribution in [3.63, 3.8) is 0 Å². The highest BCUT2D eigenvalue weighted by Gasteiger charge is 2.18. The molecule has 0 amide bonds. The number of nitrogen functional groups attached to an aromatic ring is 1. The van der Waals surface area contributed by atoms with Gasteiger partial charge in [0.25, 0.3) is 5.88 Å². The van der Waals surface area contributed by atoms with E-state index < -0.39 is 0 Å². The van der Waals surface area contributed by atoms with Gasteiger partial charge >= 0.3 is 0 Å². The van der Waals surface area contributed by atoms with Crippen LogP contribution in [0.15, 0.2) is 36.8 Å². The molecule has 5 rings (SSSR count). The van der Waals surface area contributed by atoms with Gasteiger partial charge in [0.15, 0.2) is 5.82 Å². The van der Waals surface area contributed by atoms with Gasteiger partial charge in [-0.2, -0.15) is 0 Å². The minimum absolute atomic E-state index is 0.279. The Balaban J connectivity index is 1.36. The summed E-state index contributed by atoms with van der Waals surface area (Å²) in [7, 11) is 2.15. The molecule has 6 heteroatoms. The summed E-state index contributed by atoms with van der Waals surface area (Å²) in [5.74, 6) is 7.63. The summed E-state index contributed by atoms with van der Waals surface area (Å²) in [5.41, 5.74) is 13.8. The number of pyridine rings is 1. The lowest BCUT2D eigenvalue weighted by Gasteiger charge is -2.27. The Hall–Kier alpha value is -3.43. The van der Waals surface area contributed by atoms with E-state index in [2.05, 4.69) is 57.8 Å². The number of likely N-dealkylation sites (N-methyl/N-ethyl adjacent to an activating group) is 1. The number of benzene rings is 1. The highest BCUT2D eigenvalue weighted by Crippen LogP contribution is 2.30. The van der Waals surface area contributed by atoms with Crippen LogP contribution in [-0.4, -0.2) is 33.4 Å². The van der Waals surface area contributed by atoms with E-state index in [0.717, 1.165) is 41.9 Å². The van der Waals surface area contributed by atoms with Crippen molar-refractivity contribution in [1.82, 2.24) is 19.9 Å². The van der Waals surface area contributed by atoms with Gasteiger partial charge in [0.05, 0.1) is 11.9 Å². The highest BCUT2D eigenvalue weighted by molar-refractivity contribution is 5.64. The van der Waals surface area contributed by atoms with Crippen LogP contribution in [0.4, 0.5) is 5.82 Å². The number of hydrogen-bond donors (Lipinski definition) is 1. The van der Waals surface area contributed by atoms with Gasteiger partial charge in [0.2, 0.25) is 0 Å². The van der Waals surface area contributed by atoms with Crippen LogP contribution in [0, 0.1) is 24.7 Å². The fourth-order valence-corrected chi connectivity index (χ4v) is 4.04. The van der Waals surface area contributed by atoms with Crippen LogP contribution in [0.3, 0.4) is 0 Å². The first-order chi connectivity index (χ1) is 15.5. The molecular formula is C26H27N5O. The Kier molecular flexibility index (Phi) is 5.50. The van der Waals surface area contributed by atoms with E-state index in [4.69, 9.17) is 10.5 Å². The van der Waals surface area contributed by atoms with Crippen molar-refractivity contribution in [3.8, 4) is 29.0 Å². The van der Waals surface area contributed by atoms with Crippen LogP contribution in [0.2, 0.25) is 0 Å². The van der Waals surface area contributed by atoms with E-state index >= 15 is 0 Å². The summed E-state index contributed by atoms with van der Waals surface area (Å²) in [6.45, 7) is 4.52. The van der Waals surface area contributed by atoms with Crippen LogP contribution in [-0.2, 0) is 19.6 Å². The Bertz CT molecular complexity index is 1220. The average Bonchev–Trinajstić information content (AvgIpc) is 3.62. The van der Waals surface area contributed by atoms with Crippen LogP contribution in [0.1, 0.15) is 40.7 Å². The summed E-state index contributed by atoms with van der Waals surface area (Å²) in [6.07, 6.45) is 8.77. The maximum Gasteiger partial charge on any atom is 0.258 e. The third-order valence-corrected chi connectivity index (χ3v) is 5.98. The van der Waals surface area contributed by atoms with Crippen molar-refractivity contribution >= 4 is 5.82 Å². The van der Waals surface area contributed by atoms with Gasteiger partial charge in [-0.1, -0.05) is 11.8 Å². The van der Waals surface area contributed by atoms with Gasteiger partial charge in [-0.05, 0) is 68.1 Å². The smallest absolute Gasteiger partial charge is 0.258 e. The molecular weight excluding hydrogens is 398 g/mol. The average molecular weight is 426 g/mol. The number of rotatable bonds is 4. The zero-order valence-electron chi connectivity index (χ0n) is 18.6. The molecule has 1 saturated carbocycles. The molecule has 1 fully saturated rings. The van der Waals surface area contributed by atoms with Crippen LogP contribution in [0.25, 0.3) is 11.3 Å². The third kappa shape index (κ3) is 4.58. The lowest BCUT2D eigenvalue weighted by molar-refractivity contribution is 0.294. The van der Waals surface area contributed by atoms with Gasteiger partial charge in [0.1, 0.15) is 6.61 Å². The van der Waals surface area contributed by atoms with Gasteiger partial charge in [-0.3, -0.25) is 4.98 Å². The summed E-state index contributed by atoms with van der Waals surface area (Å²) in [6, 6.07) is 6.40. The number of fused-ring (bicyclic) bond motifs is 1. The molecule has 0 atom stereocenters. The molecule has 2 aliphatic rings. The van der Waals surface area contributed by atoms with Gasteiger partial charge in [-0.15, -0.1) is 0 Å². The molecule has 2 aromatic heterocycles. The second kappa shape index (κ2) is 8.60. The monoisotopic (exact) mass is 425 g/mol. The number of aromatic nitrogens is 3. The Labute approximate surface area is 188 Å². The first kappa shape index (κ1) is 20.5. The normalized spacial score (nSPS) is 15.6. The van der Waals surface area contributed by atoms with E-state index in [1.54, 1.807) is 18.6 Å². The van der Waals surface area contributed by atoms with Crippen LogP contribution < -0.4 is 10.5 Å². The quantitative estimate of drug-likeness (QED) is 0.642. The van der Waals surface area contributed by atoms with Crippen molar-refractivity contribution in [1.29, 1.82) is 0 Å². The largest absolute Gasteiger partial charge is 0.470 e. The lowest BCUT2D eigenvalue weighted by Crippen LogP contribution is -2.27. The zero-order chi connectivity index (χ0) is 22.1. The second-order valence-electron chi connectivity index (χ2n) is 8.78. The topological polar surface area (TPSA) is 77.2 Å². The van der Waals surface area contributed by atoms with E-state index in [-0.39, 0.29) is 5.82 Å². The lowest BCUT2D eigenvalue weighted by atomic mass is 9.92. The molecule has 0 saturated heterocycles. The number of aryl methyl sites for hydroxylation is 1. The van der Waals surface area contributed by atoms with Crippen LogP contribution in [0.5, 0.6) is 5.88 Å². The van der Waals surface area contributed by atoms with Crippen molar-refractivity contribution < 1.29 is 4.74 Å². The highest BCUT2D eigenvalue weighted by atomic mass is 16.5. The predicted octanol–water partition coefficient (Wildman–Crippen LogP) is 3.76. The van der Waals surface area contributed by atoms with Crippen molar-refractivity contribution in [3.05, 3.63) is 64.6 Å². The molecule has 32 heavy (non-hydrogen) atoms. The van der Waals surface area contributed by atoms with E-state index in [1.165, 1.54) is 29.5 Å². The molecule has 1 aromatic carbocycles. The molecule has 162 valence electrons. The molecule has 3 aromatic rings. The molecule has 6 nitrogen and oxygen atoms in total. The van der Waals surface area contributed by atoms with Crippen molar-refractivity contribution in [2.24, 2.45) is 5.92 Å². The Morgan fingerprint density at radius 2 is 2.06 bits per heavy atom. The van der Waals surface area contributed by atoms with E-state index in [0.29, 0.717) is 18.4 Å². The summed E-state index contributed by atoms with van der Waals surface area (Å²) >= 11 is 0.